The number of benzene rings is 1. The third-order valence-electron chi connectivity index (χ3n) is 4.51. The predicted octanol–water partition coefficient (Wildman–Crippen LogP) is 5.38. The number of nitrogens with zero attached hydrogens (tertiary/aromatic N) is 3. The van der Waals surface area contributed by atoms with E-state index in [1.165, 1.54) is 42.8 Å². The van der Waals surface area contributed by atoms with Crippen LogP contribution in [0.2, 0.25) is 15.1 Å². The number of alkyl halides is 1. The smallest absolute Gasteiger partial charge is 0.274 e. The molecule has 3 aromatic rings. The summed E-state index contributed by atoms with van der Waals surface area (Å²) in [6.07, 6.45) is 2.99. The minimum atomic E-state index is -1.62. The topological polar surface area (TPSA) is 98.1 Å². The molecule has 1 aliphatic rings. The maximum absolute atomic E-state index is 13.3. The van der Waals surface area contributed by atoms with Gasteiger partial charge in [-0.05, 0) is 49.6 Å². The van der Waals surface area contributed by atoms with Gasteiger partial charge in [0.05, 0.1) is 15.7 Å². The quantitative estimate of drug-likeness (QED) is 0.401. The lowest BCUT2D eigenvalue weighted by Crippen LogP contribution is -2.18. The number of nitrogens with one attached hydrogen (secondary N) is 2. The van der Waals surface area contributed by atoms with Crippen LogP contribution < -0.4 is 15.4 Å². The maximum Gasteiger partial charge on any atom is 0.274 e. The van der Waals surface area contributed by atoms with E-state index < -0.39 is 12.3 Å². The fourth-order valence-corrected chi connectivity index (χ4v) is 3.67. The van der Waals surface area contributed by atoms with Crippen molar-refractivity contribution in [3.63, 3.8) is 0 Å². The van der Waals surface area contributed by atoms with Crippen molar-refractivity contribution in [3.8, 4) is 11.7 Å². The Balaban J connectivity index is 0.000000469. The lowest BCUT2D eigenvalue weighted by Gasteiger charge is -2.12. The minimum Gasteiger partial charge on any atom is -0.442 e. The van der Waals surface area contributed by atoms with Crippen molar-refractivity contribution in [1.29, 1.82) is 0 Å². The Hall–Kier alpha value is -2.88. The molecule has 8 nitrogen and oxygen atoms in total. The summed E-state index contributed by atoms with van der Waals surface area (Å²) in [7, 11) is 0. The molecule has 0 saturated heterocycles. The van der Waals surface area contributed by atoms with Crippen molar-refractivity contribution in [2.45, 2.75) is 39.1 Å². The number of carbonyl (C=O) groups is 2. The Kier molecular flexibility index (Phi) is 8.71. The van der Waals surface area contributed by atoms with Gasteiger partial charge in [0.15, 0.2) is 5.82 Å². The highest BCUT2D eigenvalue weighted by molar-refractivity contribution is 6.37. The van der Waals surface area contributed by atoms with E-state index in [0.717, 1.165) is 6.41 Å². The second kappa shape index (κ2) is 11.5. The van der Waals surface area contributed by atoms with Crippen LogP contribution in [0.25, 0.3) is 5.82 Å². The number of rotatable bonds is 7. The van der Waals surface area contributed by atoms with Gasteiger partial charge in [-0.3, -0.25) is 9.59 Å². The van der Waals surface area contributed by atoms with Crippen LogP contribution in [-0.4, -0.2) is 39.5 Å². The molecule has 1 aliphatic carbocycles. The normalized spacial score (nSPS) is 13.4. The van der Waals surface area contributed by atoms with Gasteiger partial charge in [-0.25, -0.2) is 14.1 Å². The second-order valence-corrected chi connectivity index (χ2v) is 8.59. The molecule has 4 rings (SSSR count). The lowest BCUT2D eigenvalue weighted by atomic mass is 10.2. The van der Waals surface area contributed by atoms with Crippen molar-refractivity contribution in [2.24, 2.45) is 0 Å². The molecule has 180 valence electrons. The highest BCUT2D eigenvalue weighted by atomic mass is 35.5. The van der Waals surface area contributed by atoms with Gasteiger partial charge in [0, 0.05) is 30.3 Å². The Morgan fingerprint density at radius 3 is 2.56 bits per heavy atom. The zero-order chi connectivity index (χ0) is 24.8. The molecule has 2 N–H and O–H groups in total. The number of aryl methyl sites for hydroxylation is 1. The Bertz CT molecular complexity index is 1160. The van der Waals surface area contributed by atoms with E-state index in [4.69, 9.17) is 39.5 Å². The number of halogens is 4. The maximum atomic E-state index is 13.3. The second-order valence-electron chi connectivity index (χ2n) is 7.34. The van der Waals surface area contributed by atoms with Crippen LogP contribution in [0.3, 0.4) is 0 Å². The van der Waals surface area contributed by atoms with E-state index in [0.29, 0.717) is 22.3 Å². The van der Waals surface area contributed by atoms with E-state index in [1.807, 2.05) is 0 Å². The van der Waals surface area contributed by atoms with Gasteiger partial charge in [-0.2, -0.15) is 0 Å². The molecule has 0 radical (unpaired) electrons. The zero-order valence-corrected chi connectivity index (χ0v) is 20.5. The van der Waals surface area contributed by atoms with Crippen molar-refractivity contribution in [1.82, 2.24) is 20.1 Å². The monoisotopic (exact) mass is 527 g/mol. The van der Waals surface area contributed by atoms with Crippen LogP contribution >= 0.6 is 34.8 Å². The van der Waals surface area contributed by atoms with Gasteiger partial charge in [0.1, 0.15) is 5.69 Å². The molecule has 1 saturated carbocycles. The summed E-state index contributed by atoms with van der Waals surface area (Å²) in [5.74, 6) is -0.474. The van der Waals surface area contributed by atoms with Crippen molar-refractivity contribution >= 4 is 52.8 Å². The highest BCUT2D eigenvalue weighted by Crippen LogP contribution is 2.31. The molecule has 0 spiro atoms. The SMILES string of the molecule is Cc1cc(Cl)cc(Cl)c1NC(=O)c1cc(OC(C)F)nn1-c1ncccc1Cl.O=CNC1CC1. The molecule has 2 heterocycles. The average molecular weight is 529 g/mol. The van der Waals surface area contributed by atoms with Crippen LogP contribution in [-0.2, 0) is 4.79 Å². The van der Waals surface area contributed by atoms with Crippen LogP contribution in [0.1, 0.15) is 35.8 Å². The van der Waals surface area contributed by atoms with E-state index in [-0.39, 0.29) is 27.4 Å². The summed E-state index contributed by atoms with van der Waals surface area (Å²) in [4.78, 5) is 26.6. The fraction of sp³-hybridized carbons (Fsp3) is 0.273. The number of amides is 2. The summed E-state index contributed by atoms with van der Waals surface area (Å²) in [6, 6.07) is 8.21. The Labute approximate surface area is 210 Å². The standard InChI is InChI=1S/C18H14Cl3FN4O2.C4H7NO/c1-9-6-11(19)7-13(21)16(9)24-18(27)14-8-15(28-10(2)22)25-26(14)17-12(20)4-3-5-23-17;6-3-5-4-1-2-4/h3-8,10H,1-2H3,(H,24,27);3-4H,1-2H2,(H,5,6). The summed E-state index contributed by atoms with van der Waals surface area (Å²) >= 11 is 18.3. The molecule has 1 aromatic carbocycles. The molecular weight excluding hydrogens is 508 g/mol. The summed E-state index contributed by atoms with van der Waals surface area (Å²) in [6.45, 7) is 2.95. The van der Waals surface area contributed by atoms with Gasteiger partial charge >= 0.3 is 0 Å². The molecule has 1 unspecified atom stereocenters. The molecular formula is C22H21Cl3FN5O3. The molecule has 2 amide bonds. The fourth-order valence-electron chi connectivity index (χ4n) is 2.82. The van der Waals surface area contributed by atoms with Crippen LogP contribution in [0.15, 0.2) is 36.5 Å². The van der Waals surface area contributed by atoms with Crippen LogP contribution in [0, 0.1) is 6.92 Å². The molecule has 2 aromatic heterocycles. The summed E-state index contributed by atoms with van der Waals surface area (Å²) in [5, 5.41) is 10.4. The van der Waals surface area contributed by atoms with Crippen LogP contribution in [0.5, 0.6) is 5.88 Å². The zero-order valence-electron chi connectivity index (χ0n) is 18.2. The first-order chi connectivity index (χ1) is 16.2. The summed E-state index contributed by atoms with van der Waals surface area (Å²) < 4.78 is 19.4. The average Bonchev–Trinajstić information content (AvgIpc) is 3.49. The van der Waals surface area contributed by atoms with Crippen molar-refractivity contribution in [2.75, 3.05) is 5.32 Å². The third-order valence-corrected chi connectivity index (χ3v) is 5.33. The van der Waals surface area contributed by atoms with Gasteiger partial charge in [-0.15, -0.1) is 5.10 Å². The number of hydrogen-bond donors (Lipinski definition) is 2. The predicted molar refractivity (Wildman–Crippen MR) is 129 cm³/mol. The minimum absolute atomic E-state index is 0.0293. The Morgan fingerprint density at radius 1 is 1.26 bits per heavy atom. The van der Waals surface area contributed by atoms with Gasteiger partial charge in [-0.1, -0.05) is 34.8 Å². The third kappa shape index (κ3) is 6.82. The van der Waals surface area contributed by atoms with Gasteiger partial charge in [0.2, 0.25) is 18.6 Å². The number of hydrogen-bond acceptors (Lipinski definition) is 5. The lowest BCUT2D eigenvalue weighted by molar-refractivity contribution is -0.109. The van der Waals surface area contributed by atoms with Gasteiger partial charge in [0.25, 0.3) is 5.91 Å². The van der Waals surface area contributed by atoms with Crippen molar-refractivity contribution in [3.05, 3.63) is 62.9 Å². The largest absolute Gasteiger partial charge is 0.442 e. The first-order valence-electron chi connectivity index (χ1n) is 10.2. The molecule has 34 heavy (non-hydrogen) atoms. The number of pyridine rings is 1. The van der Waals surface area contributed by atoms with E-state index >= 15 is 0 Å². The van der Waals surface area contributed by atoms with E-state index in [9.17, 15) is 14.0 Å². The number of ether oxygens (including phenoxy) is 1. The molecule has 1 atom stereocenters. The van der Waals surface area contributed by atoms with E-state index in [2.05, 4.69) is 20.7 Å². The Morgan fingerprint density at radius 2 is 2.00 bits per heavy atom. The number of anilines is 1. The molecule has 0 bridgehead atoms. The molecule has 12 heteroatoms. The van der Waals surface area contributed by atoms with E-state index in [1.54, 1.807) is 25.1 Å². The van der Waals surface area contributed by atoms with Crippen molar-refractivity contribution < 1.29 is 18.7 Å². The number of carbonyl (C=O) groups excluding carboxylic acids is 2. The molecule has 1 fully saturated rings. The highest BCUT2D eigenvalue weighted by Gasteiger charge is 2.22. The summed E-state index contributed by atoms with van der Waals surface area (Å²) in [5.41, 5.74) is 1.08. The first-order valence-corrected chi connectivity index (χ1v) is 11.3. The molecule has 0 aliphatic heterocycles. The van der Waals surface area contributed by atoms with Gasteiger partial charge < -0.3 is 15.4 Å². The van der Waals surface area contributed by atoms with Crippen LogP contribution in [0.4, 0.5) is 10.1 Å². The number of aromatic nitrogens is 3. The first kappa shape index (κ1) is 25.7.